The number of halogens is 1. The van der Waals surface area contributed by atoms with E-state index >= 15 is 0 Å². The van der Waals surface area contributed by atoms with Gasteiger partial charge in [-0.3, -0.25) is 0 Å². The summed E-state index contributed by atoms with van der Waals surface area (Å²) in [5.74, 6) is 0. The van der Waals surface area contributed by atoms with Crippen molar-refractivity contribution in [1.29, 1.82) is 0 Å². The zero-order valence-corrected chi connectivity index (χ0v) is 9.96. The van der Waals surface area contributed by atoms with Crippen LogP contribution in [0.3, 0.4) is 0 Å². The highest BCUT2D eigenvalue weighted by molar-refractivity contribution is 9.09. The minimum Gasteiger partial charge on any atom is -0.377 e. The summed E-state index contributed by atoms with van der Waals surface area (Å²) in [5, 5.41) is 0. The molecule has 0 amide bonds. The second kappa shape index (κ2) is 4.73. The van der Waals surface area contributed by atoms with Gasteiger partial charge in [0.05, 0.1) is 36.4 Å². The first-order valence-electron chi connectivity index (χ1n) is 4.44. The molecule has 1 aliphatic heterocycles. The molecule has 1 rings (SSSR count). The van der Waals surface area contributed by atoms with Crippen molar-refractivity contribution >= 4 is 15.9 Å². The minimum absolute atomic E-state index is 0.162. The predicted molar refractivity (Wildman–Crippen MR) is 54.4 cm³/mol. The van der Waals surface area contributed by atoms with E-state index in [2.05, 4.69) is 15.9 Å². The Bertz CT molecular complexity index is 161. The Morgan fingerprint density at radius 1 is 1.46 bits per heavy atom. The number of methoxy groups -OCH3 is 1. The number of hydrogen-bond acceptors (Lipinski definition) is 3. The maximum atomic E-state index is 5.67. The lowest BCUT2D eigenvalue weighted by Gasteiger charge is -2.25. The van der Waals surface area contributed by atoms with Gasteiger partial charge < -0.3 is 14.2 Å². The highest BCUT2D eigenvalue weighted by Crippen LogP contribution is 2.19. The summed E-state index contributed by atoms with van der Waals surface area (Å²) in [6, 6.07) is 0. The summed E-state index contributed by atoms with van der Waals surface area (Å²) >= 11 is 3.50. The van der Waals surface area contributed by atoms with Gasteiger partial charge in [-0.1, -0.05) is 15.9 Å². The smallest absolute Gasteiger partial charge is 0.0956 e. The molecule has 1 heterocycles. The third-order valence-electron chi connectivity index (χ3n) is 2.16. The Hall–Kier alpha value is 0.360. The summed E-state index contributed by atoms with van der Waals surface area (Å²) in [5.41, 5.74) is -0.213. The van der Waals surface area contributed by atoms with Gasteiger partial charge in [0.25, 0.3) is 0 Å². The Labute approximate surface area is 87.9 Å². The van der Waals surface area contributed by atoms with Crippen molar-refractivity contribution in [2.45, 2.75) is 30.4 Å². The van der Waals surface area contributed by atoms with Crippen molar-refractivity contribution in [1.82, 2.24) is 0 Å². The molecule has 1 aliphatic rings. The van der Waals surface area contributed by atoms with E-state index in [1.807, 2.05) is 13.8 Å². The fourth-order valence-electron chi connectivity index (χ4n) is 1.03. The van der Waals surface area contributed by atoms with E-state index in [-0.39, 0.29) is 11.7 Å². The van der Waals surface area contributed by atoms with E-state index < -0.39 is 0 Å². The molecule has 4 heteroatoms. The number of hydrogen-bond donors (Lipinski definition) is 0. The molecule has 78 valence electrons. The number of rotatable bonds is 4. The normalized spacial score (nSPS) is 29.5. The van der Waals surface area contributed by atoms with E-state index in [0.717, 1.165) is 6.61 Å². The summed E-state index contributed by atoms with van der Waals surface area (Å²) in [6.07, 6.45) is 0.162. The third kappa shape index (κ3) is 3.54. The maximum absolute atomic E-state index is 5.67. The van der Waals surface area contributed by atoms with Crippen LogP contribution in [0.2, 0.25) is 0 Å². The molecule has 0 aromatic heterocycles. The molecule has 2 unspecified atom stereocenters. The molecule has 0 aliphatic carbocycles. The third-order valence-corrected chi connectivity index (χ3v) is 3.01. The number of ether oxygens (including phenoxy) is 3. The van der Waals surface area contributed by atoms with Crippen LogP contribution in [0.1, 0.15) is 13.8 Å². The SMILES string of the molecule is COC(C)(C)COC1COCC1Br. The highest BCUT2D eigenvalue weighted by Gasteiger charge is 2.28. The standard InChI is InChI=1S/C9H17BrO3/c1-9(2,11-3)6-13-8-5-12-4-7(8)10/h7-8H,4-6H2,1-3H3. The van der Waals surface area contributed by atoms with E-state index in [1.165, 1.54) is 0 Å². The summed E-state index contributed by atoms with van der Waals surface area (Å²) in [6.45, 7) is 6.02. The first kappa shape index (κ1) is 11.4. The van der Waals surface area contributed by atoms with Crippen LogP contribution in [0.25, 0.3) is 0 Å². The summed E-state index contributed by atoms with van der Waals surface area (Å²) in [4.78, 5) is 0.320. The first-order chi connectivity index (χ1) is 6.05. The van der Waals surface area contributed by atoms with Crippen LogP contribution in [0.5, 0.6) is 0 Å². The first-order valence-corrected chi connectivity index (χ1v) is 5.35. The van der Waals surface area contributed by atoms with Crippen molar-refractivity contribution in [2.75, 3.05) is 26.9 Å². The lowest BCUT2D eigenvalue weighted by molar-refractivity contribution is -0.0741. The number of alkyl halides is 1. The van der Waals surface area contributed by atoms with Crippen molar-refractivity contribution in [3.63, 3.8) is 0 Å². The van der Waals surface area contributed by atoms with Gasteiger partial charge >= 0.3 is 0 Å². The molecule has 0 aromatic rings. The van der Waals surface area contributed by atoms with Gasteiger partial charge in [0.2, 0.25) is 0 Å². The molecular formula is C9H17BrO3. The molecule has 0 bridgehead atoms. The van der Waals surface area contributed by atoms with Gasteiger partial charge in [-0.15, -0.1) is 0 Å². The highest BCUT2D eigenvalue weighted by atomic mass is 79.9. The topological polar surface area (TPSA) is 27.7 Å². The molecular weight excluding hydrogens is 236 g/mol. The molecule has 0 spiro atoms. The van der Waals surface area contributed by atoms with Gasteiger partial charge in [-0.25, -0.2) is 0 Å². The Balaban J connectivity index is 2.25. The van der Waals surface area contributed by atoms with E-state index in [4.69, 9.17) is 14.2 Å². The molecule has 1 fully saturated rings. The second-order valence-electron chi connectivity index (χ2n) is 3.87. The predicted octanol–water partition coefficient (Wildman–Crippen LogP) is 1.59. The molecule has 1 saturated heterocycles. The zero-order chi connectivity index (χ0) is 9.90. The van der Waals surface area contributed by atoms with Crippen LogP contribution in [-0.2, 0) is 14.2 Å². The average molecular weight is 253 g/mol. The maximum Gasteiger partial charge on any atom is 0.0956 e. The fourth-order valence-corrected chi connectivity index (χ4v) is 1.52. The summed E-state index contributed by atoms with van der Waals surface area (Å²) in [7, 11) is 1.69. The zero-order valence-electron chi connectivity index (χ0n) is 8.38. The van der Waals surface area contributed by atoms with Crippen molar-refractivity contribution in [2.24, 2.45) is 0 Å². The average Bonchev–Trinajstić information content (AvgIpc) is 2.48. The second-order valence-corrected chi connectivity index (χ2v) is 5.04. The molecule has 13 heavy (non-hydrogen) atoms. The quantitative estimate of drug-likeness (QED) is 0.712. The Morgan fingerprint density at radius 3 is 2.62 bits per heavy atom. The molecule has 0 aromatic carbocycles. The lowest BCUT2D eigenvalue weighted by Crippen LogP contribution is -2.34. The van der Waals surface area contributed by atoms with Gasteiger partial charge in [-0.2, -0.15) is 0 Å². The Morgan fingerprint density at radius 2 is 2.15 bits per heavy atom. The van der Waals surface area contributed by atoms with E-state index in [1.54, 1.807) is 7.11 Å². The fraction of sp³-hybridized carbons (Fsp3) is 1.00. The van der Waals surface area contributed by atoms with Gasteiger partial charge in [0.15, 0.2) is 0 Å². The molecule has 3 nitrogen and oxygen atoms in total. The Kier molecular flexibility index (Phi) is 4.16. The molecule has 0 radical (unpaired) electrons. The van der Waals surface area contributed by atoms with E-state index in [0.29, 0.717) is 18.0 Å². The van der Waals surface area contributed by atoms with Gasteiger partial charge in [-0.05, 0) is 13.8 Å². The molecule has 0 saturated carbocycles. The van der Waals surface area contributed by atoms with Crippen molar-refractivity contribution in [3.05, 3.63) is 0 Å². The molecule has 2 atom stereocenters. The largest absolute Gasteiger partial charge is 0.377 e. The van der Waals surface area contributed by atoms with Crippen LogP contribution in [0, 0.1) is 0 Å². The van der Waals surface area contributed by atoms with Crippen molar-refractivity contribution in [3.8, 4) is 0 Å². The van der Waals surface area contributed by atoms with Crippen LogP contribution < -0.4 is 0 Å². The van der Waals surface area contributed by atoms with Crippen LogP contribution >= 0.6 is 15.9 Å². The molecule has 0 N–H and O–H groups in total. The van der Waals surface area contributed by atoms with Crippen LogP contribution in [0.4, 0.5) is 0 Å². The van der Waals surface area contributed by atoms with Gasteiger partial charge in [0, 0.05) is 7.11 Å². The van der Waals surface area contributed by atoms with Crippen LogP contribution in [0.15, 0.2) is 0 Å². The van der Waals surface area contributed by atoms with E-state index in [9.17, 15) is 0 Å². The van der Waals surface area contributed by atoms with Crippen molar-refractivity contribution < 1.29 is 14.2 Å². The van der Waals surface area contributed by atoms with Gasteiger partial charge in [0.1, 0.15) is 0 Å². The summed E-state index contributed by atoms with van der Waals surface area (Å²) < 4.78 is 16.2. The monoisotopic (exact) mass is 252 g/mol. The minimum atomic E-state index is -0.213. The lowest BCUT2D eigenvalue weighted by atomic mass is 10.1. The van der Waals surface area contributed by atoms with Crippen LogP contribution in [-0.4, -0.2) is 43.5 Å².